The third-order valence-corrected chi connectivity index (χ3v) is 8.76. The van der Waals surface area contributed by atoms with E-state index in [0.717, 1.165) is 24.6 Å². The Hall–Kier alpha value is -1.87. The van der Waals surface area contributed by atoms with E-state index in [1.807, 2.05) is 11.3 Å². The molecule has 0 aliphatic carbocycles. The summed E-state index contributed by atoms with van der Waals surface area (Å²) in [5.41, 5.74) is 11.1. The molecule has 0 saturated heterocycles. The summed E-state index contributed by atoms with van der Waals surface area (Å²) in [4.78, 5) is 7.93. The maximum atomic E-state index is 6.59. The van der Waals surface area contributed by atoms with Gasteiger partial charge in [-0.2, -0.15) is 0 Å². The molecule has 0 radical (unpaired) electrons. The van der Waals surface area contributed by atoms with Gasteiger partial charge in [0.15, 0.2) is 0 Å². The number of aliphatic imine (C=N–C) groups is 1. The van der Waals surface area contributed by atoms with Gasteiger partial charge in [-0.3, -0.25) is 4.99 Å². The van der Waals surface area contributed by atoms with Crippen molar-refractivity contribution in [3.63, 3.8) is 0 Å². The van der Waals surface area contributed by atoms with E-state index in [0.29, 0.717) is 5.92 Å². The quantitative estimate of drug-likeness (QED) is 0.178. The molecule has 0 fully saturated rings. The molecule has 36 heavy (non-hydrogen) atoms. The molecule has 1 aromatic carbocycles. The highest BCUT2D eigenvalue weighted by atomic mass is 32.1. The van der Waals surface area contributed by atoms with Gasteiger partial charge in [0.25, 0.3) is 0 Å². The van der Waals surface area contributed by atoms with Crippen LogP contribution in [0.4, 0.5) is 0 Å². The summed E-state index contributed by atoms with van der Waals surface area (Å²) in [7, 11) is 0. The van der Waals surface area contributed by atoms with Crippen molar-refractivity contribution in [2.24, 2.45) is 22.6 Å². The molecule has 0 spiro atoms. The molecule has 0 amide bonds. The molecule has 0 aliphatic heterocycles. The van der Waals surface area contributed by atoms with Crippen molar-refractivity contribution in [3.8, 4) is 0 Å². The minimum Gasteiger partial charge on any atom is -0.387 e. The second kappa shape index (κ2) is 16.1. The second-order valence-electron chi connectivity index (χ2n) is 10.7. The Labute approximate surface area is 226 Å². The van der Waals surface area contributed by atoms with E-state index < -0.39 is 0 Å². The minimum atomic E-state index is 0.126. The molecule has 2 rings (SSSR count). The Morgan fingerprint density at radius 2 is 1.61 bits per heavy atom. The van der Waals surface area contributed by atoms with E-state index in [-0.39, 0.29) is 12.0 Å². The van der Waals surface area contributed by atoms with Gasteiger partial charge in [0.05, 0.1) is 6.04 Å². The lowest BCUT2D eigenvalue weighted by Crippen LogP contribution is -2.21. The fourth-order valence-corrected chi connectivity index (χ4v) is 6.45. The number of nitrogens with zero attached hydrogens (tertiary/aromatic N) is 1. The Balaban J connectivity index is 2.45. The summed E-state index contributed by atoms with van der Waals surface area (Å²) in [5, 5.41) is 0. The van der Waals surface area contributed by atoms with Crippen molar-refractivity contribution in [3.05, 3.63) is 63.4 Å². The molecule has 4 atom stereocenters. The van der Waals surface area contributed by atoms with Crippen molar-refractivity contribution in [1.82, 2.24) is 0 Å². The first-order valence-electron chi connectivity index (χ1n) is 14.6. The molecule has 1 aromatic heterocycles. The van der Waals surface area contributed by atoms with Gasteiger partial charge in [0.1, 0.15) is 5.84 Å². The number of rotatable bonds is 16. The van der Waals surface area contributed by atoms with E-state index in [2.05, 4.69) is 90.9 Å². The zero-order valence-corrected chi connectivity index (χ0v) is 25.0. The molecule has 0 bridgehead atoms. The van der Waals surface area contributed by atoms with Gasteiger partial charge in [-0.05, 0) is 67.2 Å². The summed E-state index contributed by atoms with van der Waals surface area (Å²) in [6.45, 7) is 16.2. The lowest BCUT2D eigenvalue weighted by molar-refractivity contribution is 0.460. The maximum Gasteiger partial charge on any atom is 0.102 e. The Bertz CT molecular complexity index is 940. The summed E-state index contributed by atoms with van der Waals surface area (Å²) in [6, 6.07) is 15.4. The van der Waals surface area contributed by atoms with Crippen molar-refractivity contribution in [2.75, 3.05) is 0 Å². The van der Waals surface area contributed by atoms with E-state index >= 15 is 0 Å². The van der Waals surface area contributed by atoms with E-state index in [1.54, 1.807) is 11.1 Å². The normalized spacial score (nSPS) is 16.4. The van der Waals surface area contributed by atoms with E-state index in [9.17, 15) is 0 Å². The van der Waals surface area contributed by atoms with Crippen LogP contribution in [0.2, 0.25) is 0 Å². The van der Waals surface area contributed by atoms with Gasteiger partial charge in [-0.15, -0.1) is 11.3 Å². The molecule has 1 heterocycles. The highest BCUT2D eigenvalue weighted by Gasteiger charge is 2.22. The van der Waals surface area contributed by atoms with Crippen LogP contribution in [0.5, 0.6) is 0 Å². The molecule has 2 N–H and O–H groups in total. The first-order valence-corrected chi connectivity index (χ1v) is 15.4. The monoisotopic (exact) mass is 508 g/mol. The average Bonchev–Trinajstić information content (AvgIpc) is 3.36. The number of allylic oxidation sites excluding steroid dienone is 2. The minimum absolute atomic E-state index is 0.126. The molecule has 200 valence electrons. The Kier molecular flexibility index (Phi) is 13.6. The number of amidine groups is 1. The summed E-state index contributed by atoms with van der Waals surface area (Å²) in [5.74, 6) is 2.20. The number of thiophene rings is 1. The second-order valence-corrected chi connectivity index (χ2v) is 11.8. The van der Waals surface area contributed by atoms with Crippen LogP contribution in [-0.2, 0) is 0 Å². The van der Waals surface area contributed by atoms with Crippen LogP contribution in [0.3, 0.4) is 0 Å². The van der Waals surface area contributed by atoms with Gasteiger partial charge in [-0.25, -0.2) is 0 Å². The molecular formula is C33H52N2S. The van der Waals surface area contributed by atoms with E-state index in [4.69, 9.17) is 10.7 Å². The predicted octanol–water partition coefficient (Wildman–Crippen LogP) is 10.6. The maximum absolute atomic E-state index is 6.59. The molecule has 0 saturated carbocycles. The standard InChI is InChI=1S/C33H52N2S/c1-8-12-18-28(16-9-2)32(25(6)23-24(5)11-4)31-22-21-30(36-31)29(17-10-3)35-33(34)26(7)27-19-14-13-15-20-27/h13-15,19-22,24-26,29H,8-12,16-18,23H2,1-7H3,(H2,34,35)/b32-28-/t24?,25?,26?,29-/m1/s1. The summed E-state index contributed by atoms with van der Waals surface area (Å²) in [6.07, 6.45) is 10.8. The molecule has 2 nitrogen and oxygen atoms in total. The third kappa shape index (κ3) is 8.91. The molecule has 2 aromatic rings. The number of benzene rings is 1. The van der Waals surface area contributed by atoms with Crippen molar-refractivity contribution in [2.45, 2.75) is 118 Å². The Morgan fingerprint density at radius 3 is 2.22 bits per heavy atom. The SMILES string of the molecule is CCCC/C(CCC)=C(\c1ccc([C@@H](CCC)N=C(N)C(C)c2ccccc2)s1)C(C)CC(C)CC. The number of hydrogen-bond donors (Lipinski definition) is 1. The smallest absolute Gasteiger partial charge is 0.102 e. The summed E-state index contributed by atoms with van der Waals surface area (Å²) >= 11 is 1.97. The lowest BCUT2D eigenvalue weighted by Gasteiger charge is -2.23. The predicted molar refractivity (Wildman–Crippen MR) is 163 cm³/mol. The highest BCUT2D eigenvalue weighted by molar-refractivity contribution is 7.13. The largest absolute Gasteiger partial charge is 0.387 e. The fourth-order valence-electron chi connectivity index (χ4n) is 5.16. The average molecular weight is 509 g/mol. The van der Waals surface area contributed by atoms with Crippen molar-refractivity contribution < 1.29 is 0 Å². The molecule has 0 aliphatic rings. The van der Waals surface area contributed by atoms with Crippen LogP contribution in [0.15, 0.2) is 53.0 Å². The first kappa shape index (κ1) is 30.4. The summed E-state index contributed by atoms with van der Waals surface area (Å²) < 4.78 is 0. The van der Waals surface area contributed by atoms with E-state index in [1.165, 1.54) is 60.3 Å². The topological polar surface area (TPSA) is 38.4 Å². The zero-order chi connectivity index (χ0) is 26.5. The zero-order valence-electron chi connectivity index (χ0n) is 24.1. The highest BCUT2D eigenvalue weighted by Crippen LogP contribution is 2.41. The lowest BCUT2D eigenvalue weighted by atomic mass is 9.84. The van der Waals surface area contributed by atoms with Crippen LogP contribution < -0.4 is 5.73 Å². The molecule has 3 unspecified atom stereocenters. The molecule has 3 heteroatoms. The number of hydrogen-bond acceptors (Lipinski definition) is 2. The van der Waals surface area contributed by atoms with Gasteiger partial charge in [-0.1, -0.05) is 110 Å². The number of unbranched alkanes of at least 4 members (excludes halogenated alkanes) is 1. The van der Waals surface area contributed by atoms with Crippen LogP contribution in [-0.4, -0.2) is 5.84 Å². The third-order valence-electron chi connectivity index (χ3n) is 7.54. The van der Waals surface area contributed by atoms with Crippen LogP contribution in [0.1, 0.15) is 134 Å². The van der Waals surface area contributed by atoms with Crippen LogP contribution >= 0.6 is 11.3 Å². The van der Waals surface area contributed by atoms with Gasteiger partial charge in [0, 0.05) is 15.7 Å². The van der Waals surface area contributed by atoms with Crippen molar-refractivity contribution >= 4 is 22.7 Å². The van der Waals surface area contributed by atoms with Crippen LogP contribution in [0, 0.1) is 11.8 Å². The Morgan fingerprint density at radius 1 is 0.889 bits per heavy atom. The first-order chi connectivity index (χ1) is 17.4. The van der Waals surface area contributed by atoms with Gasteiger partial charge in [0.2, 0.25) is 0 Å². The molecular weight excluding hydrogens is 456 g/mol. The number of nitrogens with two attached hydrogens (primary N) is 1. The van der Waals surface area contributed by atoms with Gasteiger partial charge >= 0.3 is 0 Å². The van der Waals surface area contributed by atoms with Crippen LogP contribution in [0.25, 0.3) is 5.57 Å². The van der Waals surface area contributed by atoms with Crippen molar-refractivity contribution in [1.29, 1.82) is 0 Å². The van der Waals surface area contributed by atoms with Gasteiger partial charge < -0.3 is 5.73 Å². The fraction of sp³-hybridized carbons (Fsp3) is 0.606.